The Morgan fingerprint density at radius 1 is 0.596 bits per heavy atom. The van der Waals surface area contributed by atoms with Crippen molar-refractivity contribution >= 4 is 35.4 Å². The summed E-state index contributed by atoms with van der Waals surface area (Å²) in [6.45, 7) is -1.10. The largest absolute Gasteiger partial charge is 0.396 e. The van der Waals surface area contributed by atoms with Crippen LogP contribution in [0.25, 0.3) is 0 Å². The first-order chi connectivity index (χ1) is 22.6. The van der Waals surface area contributed by atoms with Crippen LogP contribution in [0.3, 0.4) is 0 Å². The Morgan fingerprint density at radius 3 is 1.53 bits per heavy atom. The minimum Gasteiger partial charge on any atom is -0.396 e. The maximum Gasteiger partial charge on any atom is 0.245 e. The van der Waals surface area contributed by atoms with E-state index in [2.05, 4.69) is 31.9 Å². The summed E-state index contributed by atoms with van der Waals surface area (Å²) in [6, 6.07) is 10.6. The lowest BCUT2D eigenvalue weighted by molar-refractivity contribution is -0.137. The summed E-state index contributed by atoms with van der Waals surface area (Å²) in [5.41, 5.74) is 1.34. The normalized spacial score (nSPS) is 24.3. The smallest absolute Gasteiger partial charge is 0.245 e. The fraction of sp³-hybridized carbons (Fsp3) is 0.438. The topological polar surface area (TPSA) is 235 Å². The van der Waals surface area contributed by atoms with Gasteiger partial charge in [0.05, 0.1) is 19.8 Å². The molecule has 6 amide bonds. The van der Waals surface area contributed by atoms with Gasteiger partial charge in [-0.25, -0.2) is 0 Å². The first-order valence-corrected chi connectivity index (χ1v) is 15.2. The van der Waals surface area contributed by atoms with Crippen LogP contribution in [0.1, 0.15) is 24.5 Å². The van der Waals surface area contributed by atoms with Crippen molar-refractivity contribution in [2.45, 2.75) is 56.4 Å². The third-order valence-corrected chi connectivity index (χ3v) is 7.64. The molecule has 6 atom stereocenters. The molecule has 1 fully saturated rings. The van der Waals surface area contributed by atoms with Crippen LogP contribution in [0.15, 0.2) is 60.7 Å². The zero-order valence-corrected chi connectivity index (χ0v) is 26.0. The molecule has 1 aliphatic heterocycles. The maximum atomic E-state index is 13.9. The highest BCUT2D eigenvalue weighted by Gasteiger charge is 2.35. The van der Waals surface area contributed by atoms with Crippen molar-refractivity contribution in [3.05, 3.63) is 71.8 Å². The van der Waals surface area contributed by atoms with Crippen LogP contribution >= 0.6 is 0 Å². The van der Waals surface area contributed by atoms with E-state index in [9.17, 15) is 44.1 Å². The Hall–Kier alpha value is -4.86. The lowest BCUT2D eigenvalue weighted by Crippen LogP contribution is -2.62. The number of aliphatic hydroxyl groups is 3. The molecule has 0 spiro atoms. The zero-order valence-electron chi connectivity index (χ0n) is 26.0. The highest BCUT2D eigenvalue weighted by molar-refractivity contribution is 5.97. The van der Waals surface area contributed by atoms with Gasteiger partial charge in [0, 0.05) is 19.4 Å². The van der Waals surface area contributed by atoms with Crippen molar-refractivity contribution < 1.29 is 44.1 Å². The predicted octanol–water partition coefficient (Wildman–Crippen LogP) is -2.97. The molecule has 1 saturated heterocycles. The molecule has 2 aromatic carbocycles. The van der Waals surface area contributed by atoms with E-state index in [1.165, 1.54) is 0 Å². The fourth-order valence-corrected chi connectivity index (χ4v) is 4.94. The number of carbonyl (C=O) groups is 6. The van der Waals surface area contributed by atoms with Gasteiger partial charge in [-0.2, -0.15) is 0 Å². The summed E-state index contributed by atoms with van der Waals surface area (Å²) in [4.78, 5) is 79.6. The van der Waals surface area contributed by atoms with Gasteiger partial charge in [-0.1, -0.05) is 67.6 Å². The van der Waals surface area contributed by atoms with E-state index >= 15 is 0 Å². The lowest BCUT2D eigenvalue weighted by Gasteiger charge is -2.29. The van der Waals surface area contributed by atoms with Crippen molar-refractivity contribution in [3.8, 4) is 0 Å². The molecule has 0 aromatic heterocycles. The molecule has 3 rings (SSSR count). The van der Waals surface area contributed by atoms with Crippen molar-refractivity contribution in [1.29, 1.82) is 0 Å². The molecule has 0 aliphatic carbocycles. The second-order valence-electron chi connectivity index (χ2n) is 11.2. The summed E-state index contributed by atoms with van der Waals surface area (Å²) in [5, 5.41) is 44.0. The minimum absolute atomic E-state index is 0.00979. The van der Waals surface area contributed by atoms with E-state index in [-0.39, 0.29) is 25.9 Å². The Balaban J connectivity index is 2.04. The highest BCUT2D eigenvalue weighted by atomic mass is 16.3. The number of amides is 6. The van der Waals surface area contributed by atoms with Crippen molar-refractivity contribution in [3.63, 3.8) is 0 Å². The van der Waals surface area contributed by atoms with Gasteiger partial charge in [0.1, 0.15) is 30.2 Å². The molecule has 1 heterocycles. The third kappa shape index (κ3) is 11.2. The van der Waals surface area contributed by atoms with Crippen molar-refractivity contribution in [1.82, 2.24) is 31.9 Å². The molecule has 6 unspecified atom stereocenters. The molecule has 15 heteroatoms. The Kier molecular flexibility index (Phi) is 14.3. The van der Waals surface area contributed by atoms with Gasteiger partial charge in [-0.05, 0) is 23.5 Å². The van der Waals surface area contributed by atoms with E-state index in [4.69, 9.17) is 0 Å². The molecular formula is C32H42N6O9. The van der Waals surface area contributed by atoms with Crippen molar-refractivity contribution in [2.24, 2.45) is 5.92 Å². The highest BCUT2D eigenvalue weighted by Crippen LogP contribution is 2.12. The zero-order chi connectivity index (χ0) is 34.3. The second-order valence-corrected chi connectivity index (χ2v) is 11.2. The standard InChI is InChI=1S/C32H42N6O9/c1-19(12-13-39)27-32(47)36-23(15-21-10-6-3-7-11-21)29(44)35-22(14-20-8-4-2-5-9-20)30(45)37-24(17-40)28(43)33-16-26(42)34-25(18-41)31(46)38-27/h2-11,19,22-25,27,39-41H,12-18H2,1H3,(H,33,43)(H,34,42)(H,35,44)(H,36,47)(H,37,45)(H,38,46). The third-order valence-electron chi connectivity index (χ3n) is 7.64. The van der Waals surface area contributed by atoms with Gasteiger partial charge in [0.15, 0.2) is 0 Å². The molecule has 2 aromatic rings. The van der Waals surface area contributed by atoms with Crippen LogP contribution < -0.4 is 31.9 Å². The van der Waals surface area contributed by atoms with Gasteiger partial charge < -0.3 is 47.2 Å². The van der Waals surface area contributed by atoms with E-state index in [1.807, 2.05) is 0 Å². The van der Waals surface area contributed by atoms with E-state index in [0.717, 1.165) is 0 Å². The van der Waals surface area contributed by atoms with Gasteiger partial charge in [0.25, 0.3) is 0 Å². The van der Waals surface area contributed by atoms with E-state index in [0.29, 0.717) is 11.1 Å². The Labute approximate surface area is 271 Å². The average molecular weight is 655 g/mol. The molecule has 0 saturated carbocycles. The number of hydrogen-bond donors (Lipinski definition) is 9. The molecule has 0 bridgehead atoms. The SMILES string of the molecule is CC(CCO)C1NC(=O)C(CO)NC(=O)CNC(=O)C(CO)NC(=O)C(Cc2ccccc2)NC(=O)C(Cc2ccccc2)NC1=O. The van der Waals surface area contributed by atoms with Crippen LogP contribution in [0.5, 0.6) is 0 Å². The van der Waals surface area contributed by atoms with Crippen LogP contribution in [0.4, 0.5) is 0 Å². The maximum absolute atomic E-state index is 13.9. The Morgan fingerprint density at radius 2 is 1.04 bits per heavy atom. The fourth-order valence-electron chi connectivity index (χ4n) is 4.94. The van der Waals surface area contributed by atoms with Gasteiger partial charge in [-0.3, -0.25) is 28.8 Å². The average Bonchev–Trinajstić information content (AvgIpc) is 3.07. The van der Waals surface area contributed by atoms with Gasteiger partial charge in [0.2, 0.25) is 35.4 Å². The summed E-state index contributed by atoms with van der Waals surface area (Å²) in [7, 11) is 0. The van der Waals surface area contributed by atoms with Gasteiger partial charge in [-0.15, -0.1) is 0 Å². The Bertz CT molecular complexity index is 1380. The summed E-state index contributed by atoms with van der Waals surface area (Å²) in [6.07, 6.45) is 0.0624. The van der Waals surface area contributed by atoms with E-state index < -0.39 is 91.3 Å². The minimum atomic E-state index is -1.52. The molecule has 47 heavy (non-hydrogen) atoms. The summed E-state index contributed by atoms with van der Waals surface area (Å²) in [5.74, 6) is -5.71. The van der Waals surface area contributed by atoms with Crippen LogP contribution in [0.2, 0.25) is 0 Å². The number of nitrogens with one attached hydrogen (secondary N) is 6. The first kappa shape index (κ1) is 36.6. The molecule has 15 nitrogen and oxygen atoms in total. The van der Waals surface area contributed by atoms with Crippen molar-refractivity contribution in [2.75, 3.05) is 26.4 Å². The first-order valence-electron chi connectivity index (χ1n) is 15.2. The van der Waals surface area contributed by atoms with Gasteiger partial charge >= 0.3 is 0 Å². The number of benzene rings is 2. The monoisotopic (exact) mass is 654 g/mol. The number of rotatable bonds is 9. The molecule has 254 valence electrons. The van der Waals surface area contributed by atoms with E-state index in [1.54, 1.807) is 67.6 Å². The number of carbonyl (C=O) groups excluding carboxylic acids is 6. The van der Waals surface area contributed by atoms with Crippen LogP contribution in [0, 0.1) is 5.92 Å². The number of hydrogen-bond acceptors (Lipinski definition) is 9. The summed E-state index contributed by atoms with van der Waals surface area (Å²) < 4.78 is 0. The van der Waals surface area contributed by atoms with Crippen LogP contribution in [-0.4, -0.2) is 107 Å². The lowest BCUT2D eigenvalue weighted by atomic mass is 9.96. The van der Waals surface area contributed by atoms with Crippen LogP contribution in [-0.2, 0) is 41.6 Å². The number of aliphatic hydroxyl groups excluding tert-OH is 3. The molecule has 1 aliphatic rings. The summed E-state index contributed by atoms with van der Waals surface area (Å²) >= 11 is 0. The molecular weight excluding hydrogens is 612 g/mol. The predicted molar refractivity (Wildman–Crippen MR) is 168 cm³/mol. The molecule has 0 radical (unpaired) electrons. The molecule has 9 N–H and O–H groups in total. The second kappa shape index (κ2) is 18.3. The quantitative estimate of drug-likeness (QED) is 0.134.